The third-order valence-electron chi connectivity index (χ3n) is 7.94. The van der Waals surface area contributed by atoms with E-state index in [9.17, 15) is 9.59 Å². The van der Waals surface area contributed by atoms with Crippen molar-refractivity contribution in [1.29, 1.82) is 0 Å². The van der Waals surface area contributed by atoms with Gasteiger partial charge in [0.25, 0.3) is 5.91 Å². The molecule has 0 spiro atoms. The molecule has 4 saturated carbocycles. The quantitative estimate of drug-likeness (QED) is 0.694. The van der Waals surface area contributed by atoms with Crippen molar-refractivity contribution in [3.63, 3.8) is 0 Å². The summed E-state index contributed by atoms with van der Waals surface area (Å²) in [6.07, 6.45) is 13.2. The summed E-state index contributed by atoms with van der Waals surface area (Å²) in [7, 11) is 0. The molecule has 1 amide bonds. The van der Waals surface area contributed by atoms with Crippen LogP contribution in [0.25, 0.3) is 0 Å². The standard InChI is InChI=1S/C24H36N2O2/c1-4-5-6-7-26-15-21(22(27)8-16(26)2)23(28)25-17(3)24-12-18-9-19(13-24)11-20(10-18)14-24/h8,15,17-20H,4-7,9-14H2,1-3H3,(H,25,28). The highest BCUT2D eigenvalue weighted by Gasteiger charge is 2.53. The summed E-state index contributed by atoms with van der Waals surface area (Å²) < 4.78 is 2.07. The highest BCUT2D eigenvalue weighted by molar-refractivity contribution is 5.94. The fraction of sp³-hybridized carbons (Fsp3) is 0.750. The van der Waals surface area contributed by atoms with E-state index in [1.54, 1.807) is 12.3 Å². The van der Waals surface area contributed by atoms with E-state index in [0.29, 0.717) is 5.56 Å². The molecule has 1 unspecified atom stereocenters. The van der Waals surface area contributed by atoms with Crippen molar-refractivity contribution in [1.82, 2.24) is 9.88 Å². The number of amides is 1. The zero-order valence-corrected chi connectivity index (χ0v) is 17.8. The summed E-state index contributed by atoms with van der Waals surface area (Å²) in [6, 6.07) is 1.76. The number of aryl methyl sites for hydroxylation is 2. The van der Waals surface area contributed by atoms with E-state index in [2.05, 4.69) is 23.7 Å². The van der Waals surface area contributed by atoms with Gasteiger partial charge in [-0.05, 0) is 82.0 Å². The van der Waals surface area contributed by atoms with E-state index < -0.39 is 0 Å². The molecule has 1 N–H and O–H groups in total. The predicted octanol–water partition coefficient (Wildman–Crippen LogP) is 4.68. The number of nitrogens with zero attached hydrogens (tertiary/aromatic N) is 1. The van der Waals surface area contributed by atoms with Crippen molar-refractivity contribution in [2.75, 3.05) is 0 Å². The van der Waals surface area contributed by atoms with Gasteiger partial charge in [-0.3, -0.25) is 9.59 Å². The van der Waals surface area contributed by atoms with E-state index in [-0.39, 0.29) is 22.8 Å². The van der Waals surface area contributed by atoms with Crippen molar-refractivity contribution in [3.8, 4) is 0 Å². The number of carbonyl (C=O) groups excluding carboxylic acids is 1. The summed E-state index contributed by atoms with van der Waals surface area (Å²) in [5, 5.41) is 3.26. The third-order valence-corrected chi connectivity index (χ3v) is 7.94. The second-order valence-electron chi connectivity index (χ2n) is 10.1. The van der Waals surface area contributed by atoms with Gasteiger partial charge in [0.2, 0.25) is 0 Å². The molecule has 1 heterocycles. The van der Waals surface area contributed by atoms with Crippen LogP contribution in [-0.2, 0) is 6.54 Å². The summed E-state index contributed by atoms with van der Waals surface area (Å²) in [4.78, 5) is 25.6. The maximum atomic E-state index is 13.0. The van der Waals surface area contributed by atoms with Crippen LogP contribution >= 0.6 is 0 Å². The molecule has 5 rings (SSSR count). The van der Waals surface area contributed by atoms with Gasteiger partial charge in [0.05, 0.1) is 0 Å². The van der Waals surface area contributed by atoms with Crippen LogP contribution < -0.4 is 10.7 Å². The molecule has 1 atom stereocenters. The van der Waals surface area contributed by atoms with E-state index in [1.807, 2.05) is 6.92 Å². The largest absolute Gasteiger partial charge is 0.351 e. The van der Waals surface area contributed by atoms with Gasteiger partial charge >= 0.3 is 0 Å². The van der Waals surface area contributed by atoms with Gasteiger partial charge in [-0.2, -0.15) is 0 Å². The van der Waals surface area contributed by atoms with Crippen molar-refractivity contribution in [2.24, 2.45) is 23.2 Å². The van der Waals surface area contributed by atoms with E-state index in [4.69, 9.17) is 0 Å². The number of nitrogens with one attached hydrogen (secondary N) is 1. The first-order valence-electron chi connectivity index (χ1n) is 11.4. The van der Waals surface area contributed by atoms with Crippen LogP contribution in [-0.4, -0.2) is 16.5 Å². The Labute approximate surface area is 169 Å². The zero-order valence-electron chi connectivity index (χ0n) is 17.8. The van der Waals surface area contributed by atoms with E-state index >= 15 is 0 Å². The van der Waals surface area contributed by atoms with Gasteiger partial charge in [-0.25, -0.2) is 0 Å². The smallest absolute Gasteiger partial charge is 0.256 e. The van der Waals surface area contributed by atoms with Crippen molar-refractivity contribution >= 4 is 5.91 Å². The molecule has 28 heavy (non-hydrogen) atoms. The average Bonchev–Trinajstić information content (AvgIpc) is 2.62. The van der Waals surface area contributed by atoms with Crippen molar-refractivity contribution in [3.05, 3.63) is 33.7 Å². The average molecular weight is 385 g/mol. The summed E-state index contributed by atoms with van der Waals surface area (Å²) >= 11 is 0. The maximum Gasteiger partial charge on any atom is 0.256 e. The third kappa shape index (κ3) is 3.67. The molecule has 4 aliphatic carbocycles. The summed E-state index contributed by atoms with van der Waals surface area (Å²) in [5.41, 5.74) is 1.35. The molecule has 154 valence electrons. The molecule has 4 nitrogen and oxygen atoms in total. The first-order chi connectivity index (χ1) is 13.4. The molecule has 0 aromatic carbocycles. The van der Waals surface area contributed by atoms with E-state index in [0.717, 1.165) is 49.3 Å². The Morgan fingerprint density at radius 2 is 1.79 bits per heavy atom. The lowest BCUT2D eigenvalue weighted by molar-refractivity contribution is -0.0688. The number of rotatable bonds is 7. The van der Waals surface area contributed by atoms with Gasteiger partial charge in [0.15, 0.2) is 5.43 Å². The Hall–Kier alpha value is -1.58. The van der Waals surface area contributed by atoms with Gasteiger partial charge in [0.1, 0.15) is 5.56 Å². The molecule has 4 bridgehead atoms. The van der Waals surface area contributed by atoms with Crippen LogP contribution in [0.2, 0.25) is 0 Å². The molecular weight excluding hydrogens is 348 g/mol. The maximum absolute atomic E-state index is 13.0. The Kier molecular flexibility index (Phi) is 5.41. The molecule has 0 saturated heterocycles. The molecule has 0 aliphatic heterocycles. The highest BCUT2D eigenvalue weighted by Crippen LogP contribution is 2.61. The minimum absolute atomic E-state index is 0.141. The minimum atomic E-state index is -0.183. The number of unbranched alkanes of at least 4 members (excludes halogenated alkanes) is 2. The zero-order chi connectivity index (χ0) is 19.9. The van der Waals surface area contributed by atoms with Gasteiger partial charge in [-0.1, -0.05) is 19.8 Å². The first kappa shape index (κ1) is 19.7. The topological polar surface area (TPSA) is 51.1 Å². The van der Waals surface area contributed by atoms with Crippen LogP contribution in [0, 0.1) is 30.1 Å². The Balaban J connectivity index is 1.49. The van der Waals surface area contributed by atoms with Crippen LogP contribution in [0.3, 0.4) is 0 Å². The summed E-state index contributed by atoms with van der Waals surface area (Å²) in [6.45, 7) is 7.18. The lowest BCUT2D eigenvalue weighted by atomic mass is 9.48. The minimum Gasteiger partial charge on any atom is -0.351 e. The number of hydrogen-bond donors (Lipinski definition) is 1. The Bertz CT molecular complexity index is 759. The lowest BCUT2D eigenvalue weighted by Gasteiger charge is -2.59. The number of pyridine rings is 1. The predicted molar refractivity (Wildman–Crippen MR) is 112 cm³/mol. The van der Waals surface area contributed by atoms with E-state index in [1.165, 1.54) is 38.5 Å². The van der Waals surface area contributed by atoms with Crippen LogP contribution in [0.1, 0.15) is 87.7 Å². The lowest BCUT2D eigenvalue weighted by Crippen LogP contribution is -2.56. The number of hydrogen-bond acceptors (Lipinski definition) is 2. The molecule has 4 fully saturated rings. The highest BCUT2D eigenvalue weighted by atomic mass is 16.2. The van der Waals surface area contributed by atoms with Crippen LogP contribution in [0.5, 0.6) is 0 Å². The van der Waals surface area contributed by atoms with Gasteiger partial charge < -0.3 is 9.88 Å². The summed E-state index contributed by atoms with van der Waals surface area (Å²) in [5.74, 6) is 2.40. The monoisotopic (exact) mass is 384 g/mol. The fourth-order valence-corrected chi connectivity index (χ4v) is 6.75. The normalized spacial score (nSPS) is 31.8. The van der Waals surface area contributed by atoms with Gasteiger partial charge in [0, 0.05) is 30.5 Å². The molecular formula is C24H36N2O2. The Morgan fingerprint density at radius 1 is 1.18 bits per heavy atom. The number of carbonyl (C=O) groups is 1. The molecule has 4 aliphatic rings. The van der Waals surface area contributed by atoms with Crippen molar-refractivity contribution in [2.45, 2.75) is 91.1 Å². The first-order valence-corrected chi connectivity index (χ1v) is 11.4. The Morgan fingerprint density at radius 3 is 2.36 bits per heavy atom. The molecule has 4 heteroatoms. The number of aromatic nitrogens is 1. The van der Waals surface area contributed by atoms with Crippen LogP contribution in [0.4, 0.5) is 0 Å². The van der Waals surface area contributed by atoms with Gasteiger partial charge in [-0.15, -0.1) is 0 Å². The van der Waals surface area contributed by atoms with Crippen LogP contribution in [0.15, 0.2) is 17.1 Å². The second-order valence-corrected chi connectivity index (χ2v) is 10.1. The molecule has 1 aromatic heterocycles. The van der Waals surface area contributed by atoms with Crippen molar-refractivity contribution < 1.29 is 4.79 Å². The second kappa shape index (κ2) is 7.68. The molecule has 1 aromatic rings. The SMILES string of the molecule is CCCCCn1cc(C(=O)NC(C)C23CC4CC(CC(C4)C2)C3)c(=O)cc1C. The molecule has 0 radical (unpaired) electrons. The fourth-order valence-electron chi connectivity index (χ4n) is 6.75.